The van der Waals surface area contributed by atoms with Crippen LogP contribution in [0, 0.1) is 0 Å². The van der Waals surface area contributed by atoms with E-state index >= 15 is 0 Å². The lowest BCUT2D eigenvalue weighted by Crippen LogP contribution is -2.15. The molecule has 0 aromatic carbocycles. The molecule has 7 heteroatoms. The van der Waals surface area contributed by atoms with Gasteiger partial charge in [-0.1, -0.05) is 129 Å². The van der Waals surface area contributed by atoms with Crippen LogP contribution >= 0.6 is 31.8 Å². The Morgan fingerprint density at radius 1 is 0.455 bits per heavy atom. The van der Waals surface area contributed by atoms with Gasteiger partial charge in [-0.2, -0.15) is 0 Å². The van der Waals surface area contributed by atoms with E-state index < -0.39 is 0 Å². The highest BCUT2D eigenvalue weighted by Crippen LogP contribution is 2.29. The minimum Gasteiger partial charge on any atom is -0.290 e. The second-order valence-electron chi connectivity index (χ2n) is 9.15. The molecule has 0 bridgehead atoms. The fourth-order valence-corrected chi connectivity index (χ4v) is 6.07. The highest BCUT2D eigenvalue weighted by atomic mass is 33.5. The maximum atomic E-state index is 11.8. The zero-order valence-electron chi connectivity index (χ0n) is 21.6. The van der Waals surface area contributed by atoms with E-state index in [4.69, 9.17) is 0 Å². The van der Waals surface area contributed by atoms with E-state index in [1.807, 2.05) is 0 Å². The molecular formula is C26H52N2O2S3. The smallest absolute Gasteiger partial charge is 0.230 e. The first-order chi connectivity index (χ1) is 16.2. The predicted molar refractivity (Wildman–Crippen MR) is 152 cm³/mol. The zero-order valence-corrected chi connectivity index (χ0v) is 24.0. The quantitative estimate of drug-likeness (QED) is 0.0675. The number of amides is 2. The van der Waals surface area contributed by atoms with Gasteiger partial charge in [0, 0.05) is 44.6 Å². The molecule has 33 heavy (non-hydrogen) atoms. The first kappa shape index (κ1) is 33.0. The molecule has 0 heterocycles. The van der Waals surface area contributed by atoms with Crippen LogP contribution < -0.4 is 9.44 Å². The first-order valence-corrected chi connectivity index (χ1v) is 17.3. The summed E-state index contributed by atoms with van der Waals surface area (Å²) in [5.74, 6) is 0.175. The summed E-state index contributed by atoms with van der Waals surface area (Å²) in [5, 5.41) is 0. The van der Waals surface area contributed by atoms with Gasteiger partial charge in [0.2, 0.25) is 11.8 Å². The lowest BCUT2D eigenvalue weighted by molar-refractivity contribution is -0.120. The second kappa shape index (κ2) is 28.2. The number of hydrogen-bond donors (Lipinski definition) is 2. The van der Waals surface area contributed by atoms with Crippen molar-refractivity contribution in [2.45, 2.75) is 155 Å². The Morgan fingerprint density at radius 2 is 0.727 bits per heavy atom. The first-order valence-electron chi connectivity index (χ1n) is 13.8. The molecule has 0 unspecified atom stereocenters. The van der Waals surface area contributed by atoms with Crippen molar-refractivity contribution in [3.05, 3.63) is 0 Å². The zero-order chi connectivity index (χ0) is 24.2. The van der Waals surface area contributed by atoms with Crippen LogP contribution in [0.1, 0.15) is 155 Å². The Kier molecular flexibility index (Phi) is 28.2. The highest BCUT2D eigenvalue weighted by Gasteiger charge is 2.04. The molecule has 0 aliphatic heterocycles. The standard InChI is InChI=1S/C26H52N2O2S3/c1-3-5-7-9-11-13-15-17-19-21-23-25(29)27-31-33-32-28-26(30)24-22-20-18-16-14-12-10-8-6-4-2/h3-24H2,1-2H3,(H,27,29)(H,28,30). The molecule has 0 fully saturated rings. The molecule has 0 radical (unpaired) electrons. The molecular weight excluding hydrogens is 468 g/mol. The summed E-state index contributed by atoms with van der Waals surface area (Å²) in [6.07, 6.45) is 26.8. The van der Waals surface area contributed by atoms with Gasteiger partial charge in [-0.15, -0.1) is 0 Å². The van der Waals surface area contributed by atoms with Crippen molar-refractivity contribution >= 4 is 43.6 Å². The molecule has 0 atom stereocenters. The van der Waals surface area contributed by atoms with E-state index in [-0.39, 0.29) is 11.8 Å². The second-order valence-corrected chi connectivity index (χ2v) is 12.7. The number of carbonyl (C=O) groups excluding carboxylic acids is 2. The maximum Gasteiger partial charge on any atom is 0.230 e. The Morgan fingerprint density at radius 3 is 1.03 bits per heavy atom. The average Bonchev–Trinajstić information content (AvgIpc) is 2.81. The average molecular weight is 521 g/mol. The molecule has 2 amide bonds. The summed E-state index contributed by atoms with van der Waals surface area (Å²) in [5.41, 5.74) is 0. The van der Waals surface area contributed by atoms with Gasteiger partial charge in [-0.05, 0) is 12.8 Å². The van der Waals surface area contributed by atoms with Crippen LogP contribution in [0.5, 0.6) is 0 Å². The van der Waals surface area contributed by atoms with E-state index in [1.165, 1.54) is 135 Å². The third-order valence-corrected chi connectivity index (χ3v) is 8.78. The van der Waals surface area contributed by atoms with Gasteiger partial charge in [0.25, 0.3) is 0 Å². The van der Waals surface area contributed by atoms with E-state index in [0.717, 1.165) is 25.7 Å². The van der Waals surface area contributed by atoms with Crippen LogP contribution in [-0.2, 0) is 9.59 Å². The van der Waals surface area contributed by atoms with Gasteiger partial charge in [-0.3, -0.25) is 19.0 Å². The summed E-state index contributed by atoms with van der Waals surface area (Å²) >= 11 is 0. The largest absolute Gasteiger partial charge is 0.290 e. The van der Waals surface area contributed by atoms with Gasteiger partial charge in [0.05, 0.1) is 0 Å². The van der Waals surface area contributed by atoms with Gasteiger partial charge in [0.15, 0.2) is 0 Å². The lowest BCUT2D eigenvalue weighted by atomic mass is 10.1. The van der Waals surface area contributed by atoms with E-state index in [2.05, 4.69) is 23.3 Å². The van der Waals surface area contributed by atoms with Crippen molar-refractivity contribution in [2.24, 2.45) is 0 Å². The van der Waals surface area contributed by atoms with E-state index in [1.54, 1.807) is 0 Å². The van der Waals surface area contributed by atoms with Crippen LogP contribution in [-0.4, -0.2) is 11.8 Å². The van der Waals surface area contributed by atoms with E-state index in [0.29, 0.717) is 12.8 Å². The van der Waals surface area contributed by atoms with Crippen molar-refractivity contribution in [3.8, 4) is 0 Å². The predicted octanol–water partition coefficient (Wildman–Crippen LogP) is 9.70. The summed E-state index contributed by atoms with van der Waals surface area (Å²) in [7, 11) is 3.98. The van der Waals surface area contributed by atoms with Crippen molar-refractivity contribution in [2.75, 3.05) is 0 Å². The molecule has 0 rings (SSSR count). The fourth-order valence-electron chi connectivity index (χ4n) is 3.79. The Labute approximate surface area is 217 Å². The van der Waals surface area contributed by atoms with Crippen LogP contribution in [0.2, 0.25) is 0 Å². The minimum atomic E-state index is 0.0874. The van der Waals surface area contributed by atoms with Crippen LogP contribution in [0.3, 0.4) is 0 Å². The molecule has 4 nitrogen and oxygen atoms in total. The van der Waals surface area contributed by atoms with Gasteiger partial charge >= 0.3 is 0 Å². The number of nitrogens with one attached hydrogen (secondary N) is 2. The monoisotopic (exact) mass is 520 g/mol. The molecule has 196 valence electrons. The molecule has 0 aliphatic rings. The number of carbonyl (C=O) groups is 2. The summed E-state index contributed by atoms with van der Waals surface area (Å²) < 4.78 is 5.69. The Balaban J connectivity index is 3.28. The third-order valence-electron chi connectivity index (χ3n) is 5.89. The topological polar surface area (TPSA) is 58.2 Å². The van der Waals surface area contributed by atoms with Crippen molar-refractivity contribution in [3.63, 3.8) is 0 Å². The summed E-state index contributed by atoms with van der Waals surface area (Å²) in [4.78, 5) is 23.7. The molecule has 0 aliphatic carbocycles. The Bertz CT molecular complexity index is 402. The maximum absolute atomic E-state index is 11.8. The van der Waals surface area contributed by atoms with Crippen LogP contribution in [0.4, 0.5) is 0 Å². The SMILES string of the molecule is CCCCCCCCCCCCC(=O)NSSSNC(=O)CCCCCCCCCCCC. The van der Waals surface area contributed by atoms with Crippen LogP contribution in [0.15, 0.2) is 0 Å². The number of hydrogen-bond acceptors (Lipinski definition) is 5. The number of rotatable bonds is 26. The normalized spacial score (nSPS) is 11.0. The summed E-state index contributed by atoms with van der Waals surface area (Å²) in [6, 6.07) is 0. The molecule has 0 aromatic heterocycles. The van der Waals surface area contributed by atoms with E-state index in [9.17, 15) is 9.59 Å². The lowest BCUT2D eigenvalue weighted by Gasteiger charge is -2.05. The van der Waals surface area contributed by atoms with Gasteiger partial charge < -0.3 is 0 Å². The van der Waals surface area contributed by atoms with Gasteiger partial charge in [0.1, 0.15) is 0 Å². The molecule has 0 aromatic rings. The third kappa shape index (κ3) is 28.1. The number of unbranched alkanes of at least 4 members (excludes halogenated alkanes) is 18. The van der Waals surface area contributed by atoms with Crippen molar-refractivity contribution in [1.82, 2.24) is 9.44 Å². The molecule has 2 N–H and O–H groups in total. The fraction of sp³-hybridized carbons (Fsp3) is 0.923. The molecule has 0 spiro atoms. The van der Waals surface area contributed by atoms with Gasteiger partial charge in [-0.25, -0.2) is 0 Å². The van der Waals surface area contributed by atoms with Crippen molar-refractivity contribution in [1.29, 1.82) is 0 Å². The minimum absolute atomic E-state index is 0.0874. The van der Waals surface area contributed by atoms with Crippen LogP contribution in [0.25, 0.3) is 0 Å². The highest BCUT2D eigenvalue weighted by molar-refractivity contribution is 9.08. The molecule has 0 saturated carbocycles. The Hall–Kier alpha value is -0.0100. The summed E-state index contributed by atoms with van der Waals surface area (Å²) in [6.45, 7) is 4.51. The van der Waals surface area contributed by atoms with Crippen molar-refractivity contribution < 1.29 is 9.59 Å². The molecule has 0 saturated heterocycles.